The van der Waals surface area contributed by atoms with E-state index in [0.29, 0.717) is 18.4 Å². The molecule has 132 valence electrons. The van der Waals surface area contributed by atoms with Gasteiger partial charge >= 0.3 is 6.03 Å². The van der Waals surface area contributed by atoms with Crippen LogP contribution in [-0.4, -0.2) is 35.6 Å². The van der Waals surface area contributed by atoms with Gasteiger partial charge in [-0.05, 0) is 56.4 Å². The molecule has 5 nitrogen and oxygen atoms in total. The first-order valence-corrected chi connectivity index (χ1v) is 8.79. The van der Waals surface area contributed by atoms with Crippen LogP contribution in [0.25, 0.3) is 0 Å². The molecule has 3 rings (SSSR count). The molecule has 0 unspecified atom stereocenters. The summed E-state index contributed by atoms with van der Waals surface area (Å²) in [5, 5.41) is 2.98. The smallest absolute Gasteiger partial charge is 0.321 e. The van der Waals surface area contributed by atoms with Crippen LogP contribution in [0.1, 0.15) is 24.0 Å². The van der Waals surface area contributed by atoms with Crippen molar-refractivity contribution in [2.24, 2.45) is 5.92 Å². The van der Waals surface area contributed by atoms with Gasteiger partial charge in [0.1, 0.15) is 0 Å². The largest absolute Gasteiger partial charge is 0.477 e. The lowest BCUT2D eigenvalue weighted by Gasteiger charge is -2.31. The number of hydrogen-bond donors (Lipinski definition) is 1. The van der Waals surface area contributed by atoms with Crippen LogP contribution in [0.15, 0.2) is 42.6 Å². The molecular weight excluding hydrogens is 314 g/mol. The highest BCUT2D eigenvalue weighted by atomic mass is 16.5. The highest BCUT2D eigenvalue weighted by Crippen LogP contribution is 2.21. The number of urea groups is 1. The van der Waals surface area contributed by atoms with Crippen LogP contribution in [0.5, 0.6) is 5.88 Å². The van der Waals surface area contributed by atoms with Gasteiger partial charge in [0, 0.05) is 30.5 Å². The highest BCUT2D eigenvalue weighted by Gasteiger charge is 2.23. The van der Waals surface area contributed by atoms with Gasteiger partial charge in [0.05, 0.1) is 6.61 Å². The van der Waals surface area contributed by atoms with Gasteiger partial charge in [0.25, 0.3) is 0 Å². The molecule has 2 aromatic rings. The van der Waals surface area contributed by atoms with E-state index in [9.17, 15) is 4.79 Å². The molecule has 1 aliphatic heterocycles. The maximum Gasteiger partial charge on any atom is 0.321 e. The number of benzene rings is 1. The number of pyridine rings is 1. The molecule has 1 N–H and O–H groups in total. The Labute approximate surface area is 149 Å². The average Bonchev–Trinajstić information content (AvgIpc) is 2.61. The van der Waals surface area contributed by atoms with Crippen molar-refractivity contribution >= 4 is 11.7 Å². The molecule has 1 fully saturated rings. The number of carbonyl (C=O) groups excluding carboxylic acids is 1. The third kappa shape index (κ3) is 4.72. The first kappa shape index (κ1) is 17.3. The van der Waals surface area contributed by atoms with Crippen LogP contribution in [0.3, 0.4) is 0 Å². The van der Waals surface area contributed by atoms with E-state index in [2.05, 4.69) is 10.3 Å². The first-order chi connectivity index (χ1) is 12.1. The van der Waals surface area contributed by atoms with Crippen LogP contribution in [-0.2, 0) is 0 Å². The standard InChI is InChI=1S/C20H25N3O2/c1-15-5-3-7-18(13-15)22-20(24)23-11-8-17(9-12-23)14-25-19-16(2)6-4-10-21-19/h3-7,10,13,17H,8-9,11-12,14H2,1-2H3,(H,22,24). The van der Waals surface area contributed by atoms with E-state index in [4.69, 9.17) is 4.74 Å². The Morgan fingerprint density at radius 3 is 2.76 bits per heavy atom. The van der Waals surface area contributed by atoms with Gasteiger partial charge in [0.15, 0.2) is 0 Å². The van der Waals surface area contributed by atoms with Gasteiger partial charge < -0.3 is 15.0 Å². The monoisotopic (exact) mass is 339 g/mol. The van der Waals surface area contributed by atoms with E-state index in [1.165, 1.54) is 0 Å². The topological polar surface area (TPSA) is 54.5 Å². The number of amides is 2. The second-order valence-electron chi connectivity index (χ2n) is 6.67. The van der Waals surface area contributed by atoms with Gasteiger partial charge in [-0.3, -0.25) is 0 Å². The number of piperidine rings is 1. The summed E-state index contributed by atoms with van der Waals surface area (Å²) in [7, 11) is 0. The summed E-state index contributed by atoms with van der Waals surface area (Å²) < 4.78 is 5.85. The second kappa shape index (κ2) is 8.01. The Kier molecular flexibility index (Phi) is 5.53. The molecule has 0 spiro atoms. The fraction of sp³-hybridized carbons (Fsp3) is 0.400. The number of ether oxygens (including phenoxy) is 1. The van der Waals surface area contributed by atoms with Crippen molar-refractivity contribution in [3.63, 3.8) is 0 Å². The molecule has 0 radical (unpaired) electrons. The van der Waals surface area contributed by atoms with E-state index < -0.39 is 0 Å². The number of nitrogens with one attached hydrogen (secondary N) is 1. The highest BCUT2D eigenvalue weighted by molar-refractivity contribution is 5.89. The van der Waals surface area contributed by atoms with Crippen molar-refractivity contribution in [1.82, 2.24) is 9.88 Å². The minimum absolute atomic E-state index is 0.0226. The number of nitrogens with zero attached hydrogens (tertiary/aromatic N) is 2. The lowest BCUT2D eigenvalue weighted by molar-refractivity contribution is 0.150. The number of aryl methyl sites for hydroxylation is 2. The average molecular weight is 339 g/mol. The van der Waals surface area contributed by atoms with E-state index >= 15 is 0 Å². The SMILES string of the molecule is Cc1cccc(NC(=O)N2CCC(COc3ncccc3C)CC2)c1. The Morgan fingerprint density at radius 1 is 1.24 bits per heavy atom. The number of carbonyl (C=O) groups is 1. The molecule has 2 amide bonds. The van der Waals surface area contributed by atoms with Crippen LogP contribution in [0.4, 0.5) is 10.5 Å². The van der Waals surface area contributed by atoms with Crippen molar-refractivity contribution in [2.75, 3.05) is 25.0 Å². The molecule has 25 heavy (non-hydrogen) atoms. The van der Waals surface area contributed by atoms with Crippen LogP contribution >= 0.6 is 0 Å². The molecule has 0 aliphatic carbocycles. The van der Waals surface area contributed by atoms with E-state index in [-0.39, 0.29) is 6.03 Å². The third-order valence-corrected chi connectivity index (χ3v) is 4.59. The van der Waals surface area contributed by atoms with E-state index in [1.807, 2.05) is 55.1 Å². The van der Waals surface area contributed by atoms with Gasteiger partial charge in [-0.2, -0.15) is 0 Å². The molecule has 0 bridgehead atoms. The van der Waals surface area contributed by atoms with Gasteiger partial charge in [-0.25, -0.2) is 9.78 Å². The Hall–Kier alpha value is -2.56. The van der Waals surface area contributed by atoms with Gasteiger partial charge in [-0.1, -0.05) is 18.2 Å². The summed E-state index contributed by atoms with van der Waals surface area (Å²) in [6.07, 6.45) is 3.65. The summed E-state index contributed by atoms with van der Waals surface area (Å²) in [6, 6.07) is 11.8. The Balaban J connectivity index is 1.45. The van der Waals surface area contributed by atoms with E-state index in [1.54, 1.807) is 6.20 Å². The summed E-state index contributed by atoms with van der Waals surface area (Å²) in [5.74, 6) is 1.17. The van der Waals surface area contributed by atoms with Gasteiger partial charge in [-0.15, -0.1) is 0 Å². The predicted octanol–water partition coefficient (Wildman–Crippen LogP) is 4.02. The molecular formula is C20H25N3O2. The van der Waals surface area contributed by atoms with Crippen molar-refractivity contribution in [1.29, 1.82) is 0 Å². The molecule has 2 heterocycles. The quantitative estimate of drug-likeness (QED) is 0.915. The number of likely N-dealkylation sites (tertiary alicyclic amines) is 1. The fourth-order valence-electron chi connectivity index (χ4n) is 3.05. The van der Waals surface area contributed by atoms with Crippen LogP contribution in [0, 0.1) is 19.8 Å². The summed E-state index contributed by atoms with van der Waals surface area (Å²) in [4.78, 5) is 18.5. The molecule has 0 saturated carbocycles. The third-order valence-electron chi connectivity index (χ3n) is 4.59. The van der Waals surface area contributed by atoms with Crippen molar-refractivity contribution in [3.05, 3.63) is 53.7 Å². The van der Waals surface area contributed by atoms with Crippen molar-refractivity contribution in [2.45, 2.75) is 26.7 Å². The lowest BCUT2D eigenvalue weighted by atomic mass is 9.98. The first-order valence-electron chi connectivity index (χ1n) is 8.79. The molecule has 1 aliphatic rings. The molecule has 1 aromatic heterocycles. The zero-order chi connectivity index (χ0) is 17.6. The zero-order valence-electron chi connectivity index (χ0n) is 14.9. The van der Waals surface area contributed by atoms with Crippen molar-refractivity contribution < 1.29 is 9.53 Å². The van der Waals surface area contributed by atoms with E-state index in [0.717, 1.165) is 42.7 Å². The number of anilines is 1. The minimum Gasteiger partial charge on any atom is -0.477 e. The molecule has 1 saturated heterocycles. The molecule has 0 atom stereocenters. The van der Waals surface area contributed by atoms with Crippen LogP contribution < -0.4 is 10.1 Å². The second-order valence-corrected chi connectivity index (χ2v) is 6.67. The predicted molar refractivity (Wildman–Crippen MR) is 99.0 cm³/mol. The number of aromatic nitrogens is 1. The summed E-state index contributed by atoms with van der Waals surface area (Å²) in [6.45, 7) is 6.19. The number of rotatable bonds is 4. The number of hydrogen-bond acceptors (Lipinski definition) is 3. The minimum atomic E-state index is -0.0226. The lowest BCUT2D eigenvalue weighted by Crippen LogP contribution is -2.42. The summed E-state index contributed by atoms with van der Waals surface area (Å²) in [5.41, 5.74) is 3.04. The van der Waals surface area contributed by atoms with Gasteiger partial charge in [0.2, 0.25) is 5.88 Å². The van der Waals surface area contributed by atoms with Crippen LogP contribution in [0.2, 0.25) is 0 Å². The zero-order valence-corrected chi connectivity index (χ0v) is 14.9. The molecule has 1 aromatic carbocycles. The van der Waals surface area contributed by atoms with Crippen molar-refractivity contribution in [3.8, 4) is 5.88 Å². The maximum absolute atomic E-state index is 12.4. The maximum atomic E-state index is 12.4. The molecule has 5 heteroatoms. The Morgan fingerprint density at radius 2 is 2.04 bits per heavy atom. The fourth-order valence-corrected chi connectivity index (χ4v) is 3.05. The normalized spacial score (nSPS) is 15.0. The Bertz CT molecular complexity index is 724. The summed E-state index contributed by atoms with van der Waals surface area (Å²) >= 11 is 0.